The van der Waals surface area contributed by atoms with Gasteiger partial charge in [-0.05, 0) is 49.2 Å². The van der Waals surface area contributed by atoms with Crippen LogP contribution in [0.4, 0.5) is 26.7 Å². The molecule has 5 amide bonds. The molecule has 4 N–H and O–H groups in total. The van der Waals surface area contributed by atoms with E-state index in [2.05, 4.69) is 21.3 Å². The fraction of sp³-hybridized carbons (Fsp3) is 0.286. The van der Waals surface area contributed by atoms with Crippen molar-refractivity contribution in [2.45, 2.75) is 12.8 Å². The molecule has 0 spiro atoms. The quantitative estimate of drug-likeness (QED) is 0.638. The van der Waals surface area contributed by atoms with Crippen molar-refractivity contribution >= 4 is 35.0 Å². The number of urea groups is 2. The first-order chi connectivity index (χ1) is 14.0. The van der Waals surface area contributed by atoms with Gasteiger partial charge in [-0.3, -0.25) is 4.79 Å². The first-order valence-electron chi connectivity index (χ1n) is 9.56. The maximum atomic E-state index is 12.4. The molecule has 0 unspecified atom stereocenters. The van der Waals surface area contributed by atoms with Crippen LogP contribution in [-0.4, -0.2) is 43.0 Å². The minimum Gasteiger partial charge on any atom is -0.359 e. The van der Waals surface area contributed by atoms with Crippen LogP contribution < -0.4 is 21.3 Å². The second-order valence-corrected chi connectivity index (χ2v) is 6.83. The van der Waals surface area contributed by atoms with E-state index >= 15 is 0 Å². The number of carbonyl (C=O) groups is 3. The fourth-order valence-electron chi connectivity index (χ4n) is 3.20. The molecular formula is C21H25N5O3. The van der Waals surface area contributed by atoms with Gasteiger partial charge >= 0.3 is 12.1 Å². The summed E-state index contributed by atoms with van der Waals surface area (Å²) in [5.41, 5.74) is 1.95. The maximum Gasteiger partial charge on any atom is 0.323 e. The van der Waals surface area contributed by atoms with E-state index in [-0.39, 0.29) is 23.9 Å². The second-order valence-electron chi connectivity index (χ2n) is 6.83. The molecule has 1 saturated heterocycles. The van der Waals surface area contributed by atoms with Crippen molar-refractivity contribution in [3.05, 3.63) is 54.6 Å². The number of carbonyl (C=O) groups excluding carboxylic acids is 3. The molecule has 1 aliphatic heterocycles. The molecule has 0 atom stereocenters. The molecule has 1 heterocycles. The summed E-state index contributed by atoms with van der Waals surface area (Å²) in [4.78, 5) is 37.8. The van der Waals surface area contributed by atoms with Crippen molar-refractivity contribution in [2.75, 3.05) is 36.1 Å². The summed E-state index contributed by atoms with van der Waals surface area (Å²) in [6.45, 7) is 1.09. The number of nitrogens with zero attached hydrogens (tertiary/aromatic N) is 1. The van der Waals surface area contributed by atoms with E-state index in [0.29, 0.717) is 43.0 Å². The summed E-state index contributed by atoms with van der Waals surface area (Å²) in [5.74, 6) is 0.000823. The predicted molar refractivity (Wildman–Crippen MR) is 113 cm³/mol. The number of nitrogens with one attached hydrogen (secondary N) is 4. The minimum atomic E-state index is -0.341. The Kier molecular flexibility index (Phi) is 6.67. The highest BCUT2D eigenvalue weighted by Crippen LogP contribution is 2.19. The Balaban J connectivity index is 1.47. The number of amides is 5. The summed E-state index contributed by atoms with van der Waals surface area (Å²) < 4.78 is 0. The highest BCUT2D eigenvalue weighted by molar-refractivity contribution is 6.00. The van der Waals surface area contributed by atoms with Gasteiger partial charge in [0.2, 0.25) is 5.91 Å². The normalized spacial score (nSPS) is 14.0. The smallest absolute Gasteiger partial charge is 0.323 e. The third-order valence-electron chi connectivity index (χ3n) is 4.83. The van der Waals surface area contributed by atoms with Crippen LogP contribution in [0.25, 0.3) is 0 Å². The van der Waals surface area contributed by atoms with Crippen molar-refractivity contribution in [1.29, 1.82) is 0 Å². The van der Waals surface area contributed by atoms with Crippen molar-refractivity contribution in [2.24, 2.45) is 5.92 Å². The average molecular weight is 395 g/mol. The molecule has 152 valence electrons. The number of anilines is 3. The summed E-state index contributed by atoms with van der Waals surface area (Å²) in [5, 5.41) is 11.0. The SMILES string of the molecule is CNC(=O)C1CCN(C(=O)Nc2ccc(NC(=O)Nc3ccccc3)cc2)CC1. The molecular weight excluding hydrogens is 370 g/mol. The zero-order chi connectivity index (χ0) is 20.6. The lowest BCUT2D eigenvalue weighted by Gasteiger charge is -2.31. The van der Waals surface area contributed by atoms with Gasteiger partial charge in [0, 0.05) is 43.1 Å². The average Bonchev–Trinajstić information content (AvgIpc) is 2.75. The lowest BCUT2D eigenvalue weighted by atomic mass is 9.96. The fourth-order valence-corrected chi connectivity index (χ4v) is 3.20. The molecule has 29 heavy (non-hydrogen) atoms. The molecule has 8 heteroatoms. The molecule has 1 aliphatic rings. The van der Waals surface area contributed by atoms with E-state index in [9.17, 15) is 14.4 Å². The highest BCUT2D eigenvalue weighted by atomic mass is 16.2. The molecule has 0 saturated carbocycles. The Bertz CT molecular complexity index is 846. The van der Waals surface area contributed by atoms with Crippen LogP contribution in [0.5, 0.6) is 0 Å². The van der Waals surface area contributed by atoms with Gasteiger partial charge in [-0.1, -0.05) is 18.2 Å². The van der Waals surface area contributed by atoms with E-state index < -0.39 is 0 Å². The summed E-state index contributed by atoms with van der Waals surface area (Å²) >= 11 is 0. The van der Waals surface area contributed by atoms with E-state index in [4.69, 9.17) is 0 Å². The van der Waals surface area contributed by atoms with Gasteiger partial charge in [0.05, 0.1) is 0 Å². The molecule has 0 aromatic heterocycles. The van der Waals surface area contributed by atoms with Crippen LogP contribution >= 0.6 is 0 Å². The van der Waals surface area contributed by atoms with Gasteiger partial charge in [-0.2, -0.15) is 0 Å². The van der Waals surface area contributed by atoms with E-state index in [1.807, 2.05) is 18.2 Å². The van der Waals surface area contributed by atoms with Crippen LogP contribution in [0.2, 0.25) is 0 Å². The topological polar surface area (TPSA) is 103 Å². The molecule has 3 rings (SSSR count). The molecule has 1 fully saturated rings. The number of hydrogen-bond donors (Lipinski definition) is 4. The highest BCUT2D eigenvalue weighted by Gasteiger charge is 2.26. The monoisotopic (exact) mass is 395 g/mol. The molecule has 2 aromatic carbocycles. The Hall–Kier alpha value is -3.55. The van der Waals surface area contributed by atoms with E-state index in [1.54, 1.807) is 48.3 Å². The largest absolute Gasteiger partial charge is 0.359 e. The lowest BCUT2D eigenvalue weighted by Crippen LogP contribution is -2.44. The molecule has 0 radical (unpaired) electrons. The third-order valence-corrected chi connectivity index (χ3v) is 4.83. The second kappa shape index (κ2) is 9.59. The van der Waals surface area contributed by atoms with Gasteiger partial charge < -0.3 is 26.2 Å². The van der Waals surface area contributed by atoms with Crippen molar-refractivity contribution in [3.8, 4) is 0 Å². The molecule has 8 nitrogen and oxygen atoms in total. The predicted octanol–water partition coefficient (Wildman–Crippen LogP) is 3.32. The van der Waals surface area contributed by atoms with Gasteiger partial charge in [-0.25, -0.2) is 9.59 Å². The Morgan fingerprint density at radius 1 is 0.793 bits per heavy atom. The van der Waals surface area contributed by atoms with Crippen LogP contribution in [0, 0.1) is 5.92 Å². The first kappa shape index (κ1) is 20.2. The number of para-hydroxylation sites is 1. The number of likely N-dealkylation sites (tertiary alicyclic amines) is 1. The Morgan fingerprint density at radius 2 is 1.31 bits per heavy atom. The lowest BCUT2D eigenvalue weighted by molar-refractivity contribution is -0.125. The number of piperidine rings is 1. The summed E-state index contributed by atoms with van der Waals surface area (Å²) in [7, 11) is 1.63. The number of rotatable bonds is 4. The van der Waals surface area contributed by atoms with Gasteiger partial charge in [-0.15, -0.1) is 0 Å². The first-order valence-corrected chi connectivity index (χ1v) is 9.56. The van der Waals surface area contributed by atoms with E-state index in [0.717, 1.165) is 0 Å². The molecule has 2 aromatic rings. The Labute approximate surface area is 169 Å². The minimum absolute atomic E-state index is 0.0311. The number of hydrogen-bond acceptors (Lipinski definition) is 3. The Morgan fingerprint density at radius 3 is 1.86 bits per heavy atom. The zero-order valence-corrected chi connectivity index (χ0v) is 16.3. The van der Waals surface area contributed by atoms with Gasteiger partial charge in [0.25, 0.3) is 0 Å². The van der Waals surface area contributed by atoms with Crippen molar-refractivity contribution in [3.63, 3.8) is 0 Å². The summed E-state index contributed by atoms with van der Waals surface area (Å²) in [6, 6.07) is 15.5. The van der Waals surface area contributed by atoms with Crippen molar-refractivity contribution < 1.29 is 14.4 Å². The van der Waals surface area contributed by atoms with Crippen LogP contribution in [-0.2, 0) is 4.79 Å². The van der Waals surface area contributed by atoms with Gasteiger partial charge in [0.1, 0.15) is 0 Å². The number of benzene rings is 2. The summed E-state index contributed by atoms with van der Waals surface area (Å²) in [6.07, 6.45) is 1.32. The van der Waals surface area contributed by atoms with Crippen LogP contribution in [0.1, 0.15) is 12.8 Å². The van der Waals surface area contributed by atoms with E-state index in [1.165, 1.54) is 0 Å². The van der Waals surface area contributed by atoms with Crippen LogP contribution in [0.3, 0.4) is 0 Å². The zero-order valence-electron chi connectivity index (χ0n) is 16.3. The van der Waals surface area contributed by atoms with Gasteiger partial charge in [0.15, 0.2) is 0 Å². The standard InChI is InChI=1S/C21H25N5O3/c1-22-19(27)15-11-13-26(14-12-15)21(29)25-18-9-7-17(8-10-18)24-20(28)23-16-5-3-2-4-6-16/h2-10,15H,11-14H2,1H3,(H,22,27)(H,25,29)(H2,23,24,28). The van der Waals surface area contributed by atoms with Crippen LogP contribution in [0.15, 0.2) is 54.6 Å². The maximum absolute atomic E-state index is 12.4. The molecule has 0 aliphatic carbocycles. The van der Waals surface area contributed by atoms with Crippen molar-refractivity contribution in [1.82, 2.24) is 10.2 Å². The molecule has 0 bridgehead atoms. The third kappa shape index (κ3) is 5.71.